The molecule has 1 atom stereocenters. The second-order valence-electron chi connectivity index (χ2n) is 6.78. The molecule has 2 aromatic rings. The first kappa shape index (κ1) is 16.4. The van der Waals surface area contributed by atoms with Gasteiger partial charge in [-0.2, -0.15) is 0 Å². The van der Waals surface area contributed by atoms with Crippen LogP contribution in [0.4, 0.5) is 5.13 Å². The summed E-state index contributed by atoms with van der Waals surface area (Å²) in [6.07, 6.45) is 5.53. The molecular weight excluding hydrogens is 330 g/mol. The number of aliphatic imine (C=N–C) groups is 1. The van der Waals surface area contributed by atoms with Crippen molar-refractivity contribution in [2.45, 2.75) is 25.2 Å². The average molecular weight is 356 g/mol. The Bertz CT molecular complexity index is 719. The van der Waals surface area contributed by atoms with Crippen molar-refractivity contribution in [3.05, 3.63) is 47.0 Å². The van der Waals surface area contributed by atoms with Crippen molar-refractivity contribution in [2.24, 2.45) is 10.7 Å². The summed E-state index contributed by atoms with van der Waals surface area (Å²) >= 11 is 1.70. The highest BCUT2D eigenvalue weighted by atomic mass is 32.1. The first-order valence-electron chi connectivity index (χ1n) is 9.08. The van der Waals surface area contributed by atoms with Gasteiger partial charge in [-0.15, -0.1) is 11.3 Å². The van der Waals surface area contributed by atoms with Crippen LogP contribution < -0.4 is 10.6 Å². The third kappa shape index (κ3) is 3.63. The topological polar surface area (TPSA) is 57.8 Å². The molecule has 2 heterocycles. The van der Waals surface area contributed by atoms with E-state index in [1.54, 1.807) is 11.3 Å². The van der Waals surface area contributed by atoms with Crippen LogP contribution in [0.3, 0.4) is 0 Å². The van der Waals surface area contributed by atoms with Crippen molar-refractivity contribution >= 4 is 22.4 Å². The van der Waals surface area contributed by atoms with Crippen LogP contribution in [0, 0.1) is 0 Å². The molecule has 2 N–H and O–H groups in total. The summed E-state index contributed by atoms with van der Waals surface area (Å²) in [6.45, 7) is 4.54. The number of nitrogens with zero attached hydrogens (tertiary/aromatic N) is 4. The van der Waals surface area contributed by atoms with Crippen molar-refractivity contribution in [1.29, 1.82) is 0 Å². The summed E-state index contributed by atoms with van der Waals surface area (Å²) < 4.78 is 0. The summed E-state index contributed by atoms with van der Waals surface area (Å²) in [5, 5.41) is 3.13. The van der Waals surface area contributed by atoms with Crippen LogP contribution in [0.1, 0.15) is 29.9 Å². The molecule has 0 radical (unpaired) electrons. The second kappa shape index (κ2) is 7.44. The Morgan fingerprint density at radius 2 is 2.08 bits per heavy atom. The fraction of sp³-hybridized carbons (Fsp3) is 0.474. The van der Waals surface area contributed by atoms with E-state index in [2.05, 4.69) is 39.0 Å². The predicted octanol–water partition coefficient (Wildman–Crippen LogP) is 2.70. The minimum absolute atomic E-state index is 0.514. The second-order valence-corrected chi connectivity index (χ2v) is 7.65. The Balaban J connectivity index is 1.35. The molecule has 6 heteroatoms. The van der Waals surface area contributed by atoms with Crippen LogP contribution in [-0.4, -0.2) is 48.6 Å². The molecule has 25 heavy (non-hydrogen) atoms. The van der Waals surface area contributed by atoms with Crippen LogP contribution in [0.2, 0.25) is 0 Å². The fourth-order valence-corrected chi connectivity index (χ4v) is 4.54. The lowest BCUT2D eigenvalue weighted by molar-refractivity contribution is 0.379. The molecule has 4 rings (SSSR count). The van der Waals surface area contributed by atoms with Gasteiger partial charge in [-0.25, -0.2) is 4.98 Å². The van der Waals surface area contributed by atoms with Gasteiger partial charge in [0.2, 0.25) is 0 Å². The summed E-state index contributed by atoms with van der Waals surface area (Å²) in [7, 11) is 0. The van der Waals surface area contributed by atoms with Gasteiger partial charge < -0.3 is 15.5 Å². The number of anilines is 1. The van der Waals surface area contributed by atoms with Gasteiger partial charge in [-0.05, 0) is 30.4 Å². The van der Waals surface area contributed by atoms with Crippen molar-refractivity contribution in [2.75, 3.05) is 37.6 Å². The van der Waals surface area contributed by atoms with Crippen LogP contribution in [0.25, 0.3) is 0 Å². The maximum absolute atomic E-state index is 6.29. The zero-order valence-electron chi connectivity index (χ0n) is 14.5. The number of rotatable bonds is 3. The van der Waals surface area contributed by atoms with Crippen molar-refractivity contribution in [3.63, 3.8) is 0 Å². The van der Waals surface area contributed by atoms with Gasteiger partial charge >= 0.3 is 0 Å². The zero-order valence-corrected chi connectivity index (χ0v) is 15.3. The van der Waals surface area contributed by atoms with E-state index >= 15 is 0 Å². The number of aryl methyl sites for hydroxylation is 1. The van der Waals surface area contributed by atoms with Gasteiger partial charge in [0, 0.05) is 50.2 Å². The Morgan fingerprint density at radius 3 is 2.88 bits per heavy atom. The van der Waals surface area contributed by atoms with Crippen molar-refractivity contribution in [3.8, 4) is 0 Å². The Kier molecular flexibility index (Phi) is 4.88. The summed E-state index contributed by atoms with van der Waals surface area (Å²) in [6, 6.07) is 8.80. The summed E-state index contributed by atoms with van der Waals surface area (Å²) in [5.41, 5.74) is 9.26. The molecule has 1 aromatic heterocycles. The summed E-state index contributed by atoms with van der Waals surface area (Å²) in [5.74, 6) is 1.21. The lowest BCUT2D eigenvalue weighted by Crippen LogP contribution is -2.51. The van der Waals surface area contributed by atoms with Crippen molar-refractivity contribution < 1.29 is 0 Å². The van der Waals surface area contributed by atoms with E-state index in [0.717, 1.165) is 37.9 Å². The first-order chi connectivity index (χ1) is 12.3. The molecular formula is C19H25N5S. The molecule has 0 saturated carbocycles. The van der Waals surface area contributed by atoms with Crippen molar-refractivity contribution in [1.82, 2.24) is 9.88 Å². The highest BCUT2D eigenvalue weighted by Crippen LogP contribution is 2.31. The maximum atomic E-state index is 6.29. The largest absolute Gasteiger partial charge is 0.370 e. The average Bonchev–Trinajstić information content (AvgIpc) is 3.21. The number of fused-ring (bicyclic) bond motifs is 1. The molecule has 5 nitrogen and oxygen atoms in total. The van der Waals surface area contributed by atoms with Crippen LogP contribution >= 0.6 is 11.3 Å². The molecule has 0 spiro atoms. The molecule has 1 fully saturated rings. The highest BCUT2D eigenvalue weighted by Gasteiger charge is 2.22. The standard InChI is InChI=1S/C19H25N5S/c20-18(23-9-11-24(12-10-23)19-21-8-13-25-19)22-14-16-6-3-5-15-4-1-2-7-17(15)16/h1-2,4,7-8,13,16H,3,5-6,9-12,14H2,(H2,20,22). The van der Waals surface area contributed by atoms with Crippen LogP contribution in [-0.2, 0) is 6.42 Å². The zero-order chi connectivity index (χ0) is 17.1. The SMILES string of the molecule is NC(=NCC1CCCc2ccccc21)N1CCN(c2nccs2)CC1. The molecule has 1 aliphatic carbocycles. The van der Waals surface area contributed by atoms with E-state index in [9.17, 15) is 0 Å². The fourth-order valence-electron chi connectivity index (χ4n) is 3.85. The van der Waals surface area contributed by atoms with Gasteiger partial charge in [-0.3, -0.25) is 4.99 Å². The number of hydrogen-bond acceptors (Lipinski definition) is 4. The monoisotopic (exact) mass is 355 g/mol. The lowest BCUT2D eigenvalue weighted by atomic mass is 9.83. The smallest absolute Gasteiger partial charge is 0.191 e. The van der Waals surface area contributed by atoms with E-state index in [4.69, 9.17) is 10.7 Å². The number of nitrogens with two attached hydrogens (primary N) is 1. The number of guanidine groups is 1. The molecule has 1 saturated heterocycles. The number of aromatic nitrogens is 1. The van der Waals surface area contributed by atoms with E-state index in [1.807, 2.05) is 11.6 Å². The molecule has 1 aliphatic heterocycles. The normalized spacial score (nSPS) is 21.3. The molecule has 2 aliphatic rings. The third-order valence-electron chi connectivity index (χ3n) is 5.26. The van der Waals surface area contributed by atoms with Gasteiger partial charge in [0.1, 0.15) is 0 Å². The molecule has 0 amide bonds. The third-order valence-corrected chi connectivity index (χ3v) is 6.09. The Labute approximate surface area is 153 Å². The lowest BCUT2D eigenvalue weighted by Gasteiger charge is -2.35. The number of hydrogen-bond donors (Lipinski definition) is 1. The van der Waals surface area contributed by atoms with Gasteiger partial charge in [0.05, 0.1) is 0 Å². The van der Waals surface area contributed by atoms with Crippen LogP contribution in [0.5, 0.6) is 0 Å². The highest BCUT2D eigenvalue weighted by molar-refractivity contribution is 7.13. The first-order valence-corrected chi connectivity index (χ1v) is 9.96. The quantitative estimate of drug-likeness (QED) is 0.679. The minimum Gasteiger partial charge on any atom is -0.370 e. The maximum Gasteiger partial charge on any atom is 0.191 e. The van der Waals surface area contributed by atoms with E-state index in [0.29, 0.717) is 11.9 Å². The molecule has 0 bridgehead atoms. The Hall–Kier alpha value is -2.08. The van der Waals surface area contributed by atoms with E-state index in [-0.39, 0.29) is 0 Å². The number of benzene rings is 1. The minimum atomic E-state index is 0.514. The number of thiazole rings is 1. The molecule has 1 unspecified atom stereocenters. The molecule has 132 valence electrons. The summed E-state index contributed by atoms with van der Waals surface area (Å²) in [4.78, 5) is 13.7. The Morgan fingerprint density at radius 1 is 1.24 bits per heavy atom. The molecule has 1 aromatic carbocycles. The predicted molar refractivity (Wildman–Crippen MR) is 105 cm³/mol. The van der Waals surface area contributed by atoms with Crippen LogP contribution in [0.15, 0.2) is 40.8 Å². The van der Waals surface area contributed by atoms with Gasteiger partial charge in [-0.1, -0.05) is 24.3 Å². The van der Waals surface area contributed by atoms with E-state index < -0.39 is 0 Å². The van der Waals surface area contributed by atoms with Gasteiger partial charge in [0.25, 0.3) is 0 Å². The van der Waals surface area contributed by atoms with Gasteiger partial charge in [0.15, 0.2) is 11.1 Å². The number of piperazine rings is 1. The van der Waals surface area contributed by atoms with E-state index in [1.165, 1.54) is 30.4 Å².